The second-order valence-corrected chi connectivity index (χ2v) is 8.91. The van der Waals surface area contributed by atoms with Crippen LogP contribution in [-0.4, -0.2) is 26.5 Å². The molecule has 0 spiro atoms. The van der Waals surface area contributed by atoms with Crippen LogP contribution in [0.3, 0.4) is 0 Å². The Morgan fingerprint density at radius 1 is 0.697 bits per heavy atom. The standard InChI is InChI=1S/C28H23N5/c1-2-25(29-11-1)28-32-24-10-8-22(15-27(24)33-28)20-6-4-17-12-19(5-3-18(17)13-20)21-7-9-23-26(14-21)31-16-30-23/h3-10,12-16,25,29H,1-2,11H2,(H,30,31)(H,32,33)/t25-/m0/s1. The zero-order chi connectivity index (χ0) is 21.8. The number of nitrogens with one attached hydrogen (secondary N) is 3. The van der Waals surface area contributed by atoms with Crippen molar-refractivity contribution >= 4 is 32.8 Å². The molecule has 5 heteroatoms. The molecule has 3 heterocycles. The first-order chi connectivity index (χ1) is 16.3. The quantitative estimate of drug-likeness (QED) is 0.307. The molecule has 0 radical (unpaired) electrons. The average molecular weight is 430 g/mol. The lowest BCUT2D eigenvalue weighted by molar-refractivity contribution is 0.614. The minimum Gasteiger partial charge on any atom is -0.345 e. The summed E-state index contributed by atoms with van der Waals surface area (Å²) < 4.78 is 0. The summed E-state index contributed by atoms with van der Waals surface area (Å²) in [6.07, 6.45) is 4.10. The highest BCUT2D eigenvalue weighted by Crippen LogP contribution is 2.31. The molecule has 6 aromatic rings. The van der Waals surface area contributed by atoms with Gasteiger partial charge < -0.3 is 15.3 Å². The average Bonchev–Trinajstić information content (AvgIpc) is 3.62. The van der Waals surface area contributed by atoms with E-state index >= 15 is 0 Å². The number of hydrogen-bond donors (Lipinski definition) is 3. The number of fused-ring (bicyclic) bond motifs is 3. The summed E-state index contributed by atoms with van der Waals surface area (Å²) in [6.45, 7) is 1.07. The minimum atomic E-state index is 0.352. The van der Waals surface area contributed by atoms with Crippen molar-refractivity contribution < 1.29 is 0 Å². The SMILES string of the molecule is c1nc2ccc(-c3ccc4cc(-c5ccc6nc([C@@H]7CCCN7)[nH]c6c5)ccc4c3)cc2[nH]1. The van der Waals surface area contributed by atoms with Crippen molar-refractivity contribution in [2.24, 2.45) is 0 Å². The third-order valence-corrected chi connectivity index (χ3v) is 6.82. The summed E-state index contributed by atoms with van der Waals surface area (Å²) in [5.74, 6) is 1.05. The number of nitrogens with zero attached hydrogens (tertiary/aromatic N) is 2. The van der Waals surface area contributed by atoms with Crippen molar-refractivity contribution in [1.82, 2.24) is 25.3 Å². The van der Waals surface area contributed by atoms with E-state index in [0.717, 1.165) is 40.9 Å². The van der Waals surface area contributed by atoms with Gasteiger partial charge in [-0.2, -0.15) is 0 Å². The summed E-state index contributed by atoms with van der Waals surface area (Å²) in [5, 5.41) is 6.00. The number of rotatable bonds is 3. The second-order valence-electron chi connectivity index (χ2n) is 8.91. The van der Waals surface area contributed by atoms with Crippen molar-refractivity contribution in [1.29, 1.82) is 0 Å². The lowest BCUT2D eigenvalue weighted by atomic mass is 9.97. The molecular weight excluding hydrogens is 406 g/mol. The van der Waals surface area contributed by atoms with Gasteiger partial charge in [-0.25, -0.2) is 9.97 Å². The van der Waals surface area contributed by atoms with E-state index in [4.69, 9.17) is 4.98 Å². The van der Waals surface area contributed by atoms with Crippen LogP contribution >= 0.6 is 0 Å². The Hall–Kier alpha value is -3.96. The van der Waals surface area contributed by atoms with Crippen LogP contribution in [0.25, 0.3) is 55.1 Å². The highest BCUT2D eigenvalue weighted by atomic mass is 15.0. The predicted molar refractivity (Wildman–Crippen MR) is 134 cm³/mol. The smallest absolute Gasteiger partial charge is 0.124 e. The highest BCUT2D eigenvalue weighted by Gasteiger charge is 2.19. The van der Waals surface area contributed by atoms with Crippen molar-refractivity contribution in [3.05, 3.63) is 84.9 Å². The van der Waals surface area contributed by atoms with E-state index in [-0.39, 0.29) is 0 Å². The number of benzene rings is 4. The summed E-state index contributed by atoms with van der Waals surface area (Å²) in [5.41, 5.74) is 8.99. The third kappa shape index (κ3) is 3.20. The van der Waals surface area contributed by atoms with Gasteiger partial charge in [0.25, 0.3) is 0 Å². The Kier molecular flexibility index (Phi) is 4.11. The van der Waals surface area contributed by atoms with Gasteiger partial charge in [0.05, 0.1) is 34.4 Å². The molecule has 1 fully saturated rings. The summed E-state index contributed by atoms with van der Waals surface area (Å²) in [6, 6.07) is 26.6. The van der Waals surface area contributed by atoms with Crippen LogP contribution in [0.15, 0.2) is 79.1 Å². The second kappa shape index (κ2) is 7.29. The van der Waals surface area contributed by atoms with Crippen LogP contribution in [0.1, 0.15) is 24.7 Å². The van der Waals surface area contributed by atoms with Gasteiger partial charge in [-0.05, 0) is 88.8 Å². The van der Waals surface area contributed by atoms with Gasteiger partial charge in [-0.1, -0.05) is 36.4 Å². The van der Waals surface area contributed by atoms with Crippen molar-refractivity contribution in [2.45, 2.75) is 18.9 Å². The molecule has 0 unspecified atom stereocenters. The van der Waals surface area contributed by atoms with Gasteiger partial charge in [-0.15, -0.1) is 0 Å². The maximum absolute atomic E-state index is 4.81. The number of hydrogen-bond acceptors (Lipinski definition) is 3. The highest BCUT2D eigenvalue weighted by molar-refractivity contribution is 5.93. The molecule has 0 bridgehead atoms. The first kappa shape index (κ1) is 18.6. The molecule has 5 nitrogen and oxygen atoms in total. The Labute approximate surface area is 190 Å². The maximum Gasteiger partial charge on any atom is 0.124 e. The predicted octanol–water partition coefficient (Wildman–Crippen LogP) is 6.35. The van der Waals surface area contributed by atoms with Crippen molar-refractivity contribution in [3.63, 3.8) is 0 Å². The fraction of sp³-hybridized carbons (Fsp3) is 0.143. The molecule has 1 atom stereocenters. The molecule has 1 aliphatic heterocycles. The lowest BCUT2D eigenvalue weighted by Gasteiger charge is -2.07. The molecular formula is C28H23N5. The summed E-state index contributed by atoms with van der Waals surface area (Å²) in [4.78, 5) is 15.9. The number of aromatic amines is 2. The van der Waals surface area contributed by atoms with Crippen LogP contribution in [0.4, 0.5) is 0 Å². The summed E-state index contributed by atoms with van der Waals surface area (Å²) >= 11 is 0. The molecule has 1 aliphatic rings. The zero-order valence-corrected chi connectivity index (χ0v) is 18.1. The third-order valence-electron chi connectivity index (χ3n) is 6.82. The van der Waals surface area contributed by atoms with Crippen LogP contribution in [0.2, 0.25) is 0 Å². The Morgan fingerprint density at radius 2 is 1.36 bits per heavy atom. The van der Waals surface area contributed by atoms with Crippen LogP contribution < -0.4 is 5.32 Å². The summed E-state index contributed by atoms with van der Waals surface area (Å²) in [7, 11) is 0. The Morgan fingerprint density at radius 3 is 2.09 bits per heavy atom. The monoisotopic (exact) mass is 429 g/mol. The number of imidazole rings is 2. The van der Waals surface area contributed by atoms with E-state index in [9.17, 15) is 0 Å². The first-order valence-electron chi connectivity index (χ1n) is 11.5. The number of H-pyrrole nitrogens is 2. The van der Waals surface area contributed by atoms with Gasteiger partial charge in [-0.3, -0.25) is 0 Å². The fourth-order valence-electron chi connectivity index (χ4n) is 5.01. The largest absolute Gasteiger partial charge is 0.345 e. The molecule has 3 N–H and O–H groups in total. The Balaban J connectivity index is 1.24. The maximum atomic E-state index is 4.81. The van der Waals surface area contributed by atoms with Gasteiger partial charge in [0.15, 0.2) is 0 Å². The normalized spacial score (nSPS) is 16.3. The van der Waals surface area contributed by atoms with E-state index in [0.29, 0.717) is 6.04 Å². The molecule has 0 saturated carbocycles. The van der Waals surface area contributed by atoms with E-state index < -0.39 is 0 Å². The first-order valence-corrected chi connectivity index (χ1v) is 11.5. The topological polar surface area (TPSA) is 69.4 Å². The van der Waals surface area contributed by atoms with Gasteiger partial charge >= 0.3 is 0 Å². The van der Waals surface area contributed by atoms with Gasteiger partial charge in [0, 0.05) is 0 Å². The zero-order valence-electron chi connectivity index (χ0n) is 18.1. The Bertz CT molecular complexity index is 1630. The molecule has 7 rings (SSSR count). The fourth-order valence-corrected chi connectivity index (χ4v) is 5.01. The molecule has 4 aromatic carbocycles. The molecule has 160 valence electrons. The lowest BCUT2D eigenvalue weighted by Crippen LogP contribution is -2.13. The minimum absolute atomic E-state index is 0.352. The van der Waals surface area contributed by atoms with Crippen molar-refractivity contribution in [3.8, 4) is 22.3 Å². The van der Waals surface area contributed by atoms with Gasteiger partial charge in [0.1, 0.15) is 5.82 Å². The van der Waals surface area contributed by atoms with E-state index in [1.807, 2.05) is 0 Å². The van der Waals surface area contributed by atoms with Crippen LogP contribution in [-0.2, 0) is 0 Å². The molecule has 0 amide bonds. The molecule has 33 heavy (non-hydrogen) atoms. The van der Waals surface area contributed by atoms with Gasteiger partial charge in [0.2, 0.25) is 0 Å². The molecule has 1 saturated heterocycles. The van der Waals surface area contributed by atoms with E-state index in [2.05, 4.69) is 93.1 Å². The van der Waals surface area contributed by atoms with E-state index in [1.54, 1.807) is 6.33 Å². The molecule has 0 aliphatic carbocycles. The number of aromatic nitrogens is 4. The van der Waals surface area contributed by atoms with Crippen LogP contribution in [0, 0.1) is 0 Å². The van der Waals surface area contributed by atoms with Crippen LogP contribution in [0.5, 0.6) is 0 Å². The molecule has 2 aromatic heterocycles. The van der Waals surface area contributed by atoms with Crippen molar-refractivity contribution in [2.75, 3.05) is 6.54 Å². The van der Waals surface area contributed by atoms with E-state index in [1.165, 1.54) is 39.4 Å².